The van der Waals surface area contributed by atoms with Gasteiger partial charge in [-0.25, -0.2) is 9.50 Å². The predicted octanol–water partition coefficient (Wildman–Crippen LogP) is 1.76. The molecule has 2 aromatic rings. The first-order chi connectivity index (χ1) is 8.36. The normalized spacial score (nSPS) is 17.7. The van der Waals surface area contributed by atoms with Crippen molar-refractivity contribution in [2.45, 2.75) is 32.1 Å². The summed E-state index contributed by atoms with van der Waals surface area (Å²) in [4.78, 5) is 4.51. The van der Waals surface area contributed by atoms with Crippen molar-refractivity contribution < 1.29 is 0 Å². The van der Waals surface area contributed by atoms with Gasteiger partial charge in [-0.1, -0.05) is 6.92 Å². The van der Waals surface area contributed by atoms with E-state index < -0.39 is 0 Å². The summed E-state index contributed by atoms with van der Waals surface area (Å²) in [5, 5.41) is 7.92. The Bertz CT molecular complexity index is 511. The second-order valence-corrected chi connectivity index (χ2v) is 4.70. The molecule has 3 heterocycles. The van der Waals surface area contributed by atoms with E-state index in [1.807, 2.05) is 10.7 Å². The van der Waals surface area contributed by atoms with E-state index in [9.17, 15) is 0 Å². The fraction of sp³-hybridized carbons (Fsp3) is 0.538. The average Bonchev–Trinajstić information content (AvgIpc) is 2.81. The van der Waals surface area contributed by atoms with Crippen molar-refractivity contribution in [3.63, 3.8) is 0 Å². The highest BCUT2D eigenvalue weighted by Gasteiger charge is 2.16. The van der Waals surface area contributed by atoms with Gasteiger partial charge in [0.15, 0.2) is 5.65 Å². The molecule has 4 heteroatoms. The van der Waals surface area contributed by atoms with Gasteiger partial charge in [0.1, 0.15) is 0 Å². The van der Waals surface area contributed by atoms with Crippen molar-refractivity contribution in [2.75, 3.05) is 13.1 Å². The van der Waals surface area contributed by atoms with Gasteiger partial charge in [-0.15, -0.1) is 0 Å². The number of nitrogens with zero attached hydrogens (tertiary/aromatic N) is 3. The minimum absolute atomic E-state index is 0.641. The van der Waals surface area contributed by atoms with Gasteiger partial charge in [-0.3, -0.25) is 0 Å². The maximum Gasteiger partial charge on any atom is 0.155 e. The summed E-state index contributed by atoms with van der Waals surface area (Å²) in [7, 11) is 0. The molecule has 0 radical (unpaired) electrons. The first-order valence-electron chi connectivity index (χ1n) is 6.41. The van der Waals surface area contributed by atoms with Gasteiger partial charge in [-0.05, 0) is 43.8 Å². The fourth-order valence-electron chi connectivity index (χ4n) is 2.48. The first kappa shape index (κ1) is 10.7. The van der Waals surface area contributed by atoms with Crippen molar-refractivity contribution in [3.05, 3.63) is 29.7 Å². The van der Waals surface area contributed by atoms with Gasteiger partial charge in [0.25, 0.3) is 0 Å². The van der Waals surface area contributed by atoms with Crippen LogP contribution in [0.1, 0.15) is 36.9 Å². The smallest absolute Gasteiger partial charge is 0.155 e. The van der Waals surface area contributed by atoms with Crippen LogP contribution in [0, 0.1) is 0 Å². The van der Waals surface area contributed by atoms with E-state index in [0.717, 1.165) is 30.9 Å². The summed E-state index contributed by atoms with van der Waals surface area (Å²) >= 11 is 0. The average molecular weight is 230 g/mol. The van der Waals surface area contributed by atoms with Crippen LogP contribution in [0.4, 0.5) is 0 Å². The van der Waals surface area contributed by atoms with Crippen molar-refractivity contribution in [1.82, 2.24) is 19.9 Å². The summed E-state index contributed by atoms with van der Waals surface area (Å²) in [6, 6.07) is 2.06. The molecule has 0 saturated carbocycles. The summed E-state index contributed by atoms with van der Waals surface area (Å²) in [6.45, 7) is 4.35. The third-order valence-corrected chi connectivity index (χ3v) is 3.56. The third-order valence-electron chi connectivity index (χ3n) is 3.56. The van der Waals surface area contributed by atoms with Crippen LogP contribution in [0.5, 0.6) is 0 Å². The van der Waals surface area contributed by atoms with E-state index in [-0.39, 0.29) is 0 Å². The zero-order valence-electron chi connectivity index (χ0n) is 10.2. The number of nitrogens with one attached hydrogen (secondary N) is 1. The van der Waals surface area contributed by atoms with Crippen LogP contribution in [0.3, 0.4) is 0 Å². The molecule has 4 nitrogen and oxygen atoms in total. The molecule has 3 rings (SSSR count). The Morgan fingerprint density at radius 2 is 2.24 bits per heavy atom. The number of aryl methyl sites for hydroxylation is 1. The second-order valence-electron chi connectivity index (χ2n) is 4.70. The lowest BCUT2D eigenvalue weighted by Crippen LogP contribution is -2.26. The summed E-state index contributed by atoms with van der Waals surface area (Å²) in [6.07, 6.45) is 7.54. The van der Waals surface area contributed by atoms with E-state index in [4.69, 9.17) is 0 Å². The van der Waals surface area contributed by atoms with Crippen LogP contribution in [0.15, 0.2) is 18.5 Å². The maximum atomic E-state index is 4.53. The molecule has 1 aliphatic rings. The van der Waals surface area contributed by atoms with Gasteiger partial charge in [-0.2, -0.15) is 5.10 Å². The maximum absolute atomic E-state index is 4.53. The molecule has 0 amide bonds. The molecule has 0 aromatic carbocycles. The summed E-state index contributed by atoms with van der Waals surface area (Å²) in [5.74, 6) is 0.641. The Kier molecular flexibility index (Phi) is 2.81. The molecule has 1 fully saturated rings. The molecule has 2 aromatic heterocycles. The standard InChI is InChI=1S/C13H18N4/c1-2-12-7-13-15-8-11(9-17(13)16-12)10-3-5-14-6-4-10/h7-10,14H,2-6H2,1H3. The lowest BCUT2D eigenvalue weighted by molar-refractivity contribution is 0.458. The van der Waals surface area contributed by atoms with Crippen molar-refractivity contribution in [3.8, 4) is 0 Å². The lowest BCUT2D eigenvalue weighted by Gasteiger charge is -2.22. The van der Waals surface area contributed by atoms with E-state index in [1.54, 1.807) is 0 Å². The van der Waals surface area contributed by atoms with Crippen molar-refractivity contribution >= 4 is 5.65 Å². The van der Waals surface area contributed by atoms with E-state index in [1.165, 1.54) is 18.4 Å². The summed E-state index contributed by atoms with van der Waals surface area (Å²) < 4.78 is 1.93. The van der Waals surface area contributed by atoms with Crippen LogP contribution >= 0.6 is 0 Å². The van der Waals surface area contributed by atoms with Gasteiger partial charge >= 0.3 is 0 Å². The summed E-state index contributed by atoms with van der Waals surface area (Å²) in [5.41, 5.74) is 3.39. The minimum atomic E-state index is 0.641. The van der Waals surface area contributed by atoms with Crippen LogP contribution in [0.2, 0.25) is 0 Å². The molecule has 0 atom stereocenters. The van der Waals surface area contributed by atoms with E-state index >= 15 is 0 Å². The van der Waals surface area contributed by atoms with Gasteiger partial charge in [0.05, 0.1) is 5.69 Å². The molecule has 0 spiro atoms. The first-order valence-corrected chi connectivity index (χ1v) is 6.41. The Hall–Kier alpha value is -1.42. The van der Waals surface area contributed by atoms with Crippen LogP contribution in [-0.4, -0.2) is 27.7 Å². The molecule has 1 aliphatic heterocycles. The Labute approximate surface area is 101 Å². The topological polar surface area (TPSA) is 42.2 Å². The van der Waals surface area contributed by atoms with E-state index in [0.29, 0.717) is 5.92 Å². The fourth-order valence-corrected chi connectivity index (χ4v) is 2.48. The SMILES string of the molecule is CCc1cc2ncc(C3CCNCC3)cn2n1. The Morgan fingerprint density at radius 3 is 3.00 bits per heavy atom. The highest BCUT2D eigenvalue weighted by atomic mass is 15.2. The molecule has 17 heavy (non-hydrogen) atoms. The molecular formula is C13H18N4. The number of rotatable bonds is 2. The van der Waals surface area contributed by atoms with Gasteiger partial charge < -0.3 is 5.32 Å². The second kappa shape index (κ2) is 4.45. The van der Waals surface area contributed by atoms with Crippen molar-refractivity contribution in [1.29, 1.82) is 0 Å². The van der Waals surface area contributed by atoms with E-state index in [2.05, 4.69) is 34.6 Å². The van der Waals surface area contributed by atoms with Gasteiger partial charge in [0.2, 0.25) is 0 Å². The lowest BCUT2D eigenvalue weighted by atomic mass is 9.92. The zero-order chi connectivity index (χ0) is 11.7. The molecule has 0 unspecified atom stereocenters. The number of piperidine rings is 1. The number of hydrogen-bond acceptors (Lipinski definition) is 3. The minimum Gasteiger partial charge on any atom is -0.317 e. The number of fused-ring (bicyclic) bond motifs is 1. The molecule has 90 valence electrons. The zero-order valence-corrected chi connectivity index (χ0v) is 10.2. The molecule has 0 aliphatic carbocycles. The van der Waals surface area contributed by atoms with Gasteiger partial charge in [0, 0.05) is 18.5 Å². The molecule has 0 bridgehead atoms. The highest BCUT2D eigenvalue weighted by molar-refractivity contribution is 5.39. The van der Waals surface area contributed by atoms with Crippen LogP contribution in [-0.2, 0) is 6.42 Å². The Balaban J connectivity index is 1.94. The Morgan fingerprint density at radius 1 is 1.41 bits per heavy atom. The highest BCUT2D eigenvalue weighted by Crippen LogP contribution is 2.24. The quantitative estimate of drug-likeness (QED) is 0.854. The molecule has 1 N–H and O–H groups in total. The van der Waals surface area contributed by atoms with Crippen LogP contribution < -0.4 is 5.32 Å². The molecule has 1 saturated heterocycles. The van der Waals surface area contributed by atoms with Crippen molar-refractivity contribution in [2.24, 2.45) is 0 Å². The monoisotopic (exact) mass is 230 g/mol. The van der Waals surface area contributed by atoms with Crippen LogP contribution in [0.25, 0.3) is 5.65 Å². The number of aromatic nitrogens is 3. The predicted molar refractivity (Wildman–Crippen MR) is 67.2 cm³/mol. The third kappa shape index (κ3) is 2.05. The number of hydrogen-bond donors (Lipinski definition) is 1. The molecular weight excluding hydrogens is 212 g/mol. The largest absolute Gasteiger partial charge is 0.317 e.